The number of benzene rings is 2. The van der Waals surface area contributed by atoms with E-state index in [-0.39, 0.29) is 16.0 Å². The Balaban J connectivity index is 1.86. The highest BCUT2D eigenvalue weighted by Gasteiger charge is 2.61. The molecule has 1 aromatic heterocycles. The number of carbonyl (C=O) groups is 2. The summed E-state index contributed by atoms with van der Waals surface area (Å²) in [6.07, 6.45) is 2.08. The first-order valence-corrected chi connectivity index (χ1v) is 13.8. The molecule has 2 N–H and O–H groups in total. The number of hydrogen-bond donors (Lipinski definition) is 2. The Morgan fingerprint density at radius 3 is 2.48 bits per heavy atom. The van der Waals surface area contributed by atoms with E-state index >= 15 is 4.39 Å². The maximum absolute atomic E-state index is 15.7. The van der Waals surface area contributed by atoms with Gasteiger partial charge in [0.05, 0.1) is 35.5 Å². The minimum absolute atomic E-state index is 0.107. The van der Waals surface area contributed by atoms with Crippen LogP contribution in [0.3, 0.4) is 0 Å². The van der Waals surface area contributed by atoms with Gasteiger partial charge in [0.2, 0.25) is 5.91 Å². The maximum atomic E-state index is 15.7. The lowest BCUT2D eigenvalue weighted by molar-refractivity contribution is -0.118. The van der Waals surface area contributed by atoms with Gasteiger partial charge >= 0.3 is 5.97 Å². The standard InChI is InChI=1S/C30H29BrClFN4O3/c1-29(2,3)14-23-30(16-34,22-13-10-18(31)15-35-22)24(20-6-5-7-21(32)25(20)33)26(37-23)27(38)36-19-11-8-17(9-12-19)28(39)40-4/h5-13,15,23-24,26,37H,14H2,1-4H3,(H,36,38)/t23-,24-,26+,30-/m0/s1. The van der Waals surface area contributed by atoms with Gasteiger partial charge in [-0.2, -0.15) is 5.26 Å². The number of halogens is 3. The van der Waals surface area contributed by atoms with E-state index in [1.165, 1.54) is 25.3 Å². The van der Waals surface area contributed by atoms with Crippen LogP contribution in [0.2, 0.25) is 5.02 Å². The van der Waals surface area contributed by atoms with Crippen LogP contribution in [0.4, 0.5) is 10.1 Å². The first-order valence-electron chi connectivity index (χ1n) is 12.6. The van der Waals surface area contributed by atoms with Crippen molar-refractivity contribution in [2.75, 3.05) is 12.4 Å². The average molecular weight is 628 g/mol. The van der Waals surface area contributed by atoms with Gasteiger partial charge in [0.1, 0.15) is 11.2 Å². The zero-order chi connectivity index (χ0) is 29.2. The minimum atomic E-state index is -1.42. The molecule has 208 valence electrons. The van der Waals surface area contributed by atoms with Crippen LogP contribution in [0, 0.1) is 22.6 Å². The Labute approximate surface area is 246 Å². The van der Waals surface area contributed by atoms with Crippen molar-refractivity contribution in [2.45, 2.75) is 50.6 Å². The Morgan fingerprint density at radius 1 is 1.20 bits per heavy atom. The molecule has 0 spiro atoms. The quantitative estimate of drug-likeness (QED) is 0.307. The number of anilines is 1. The number of carbonyl (C=O) groups excluding carboxylic acids is 2. The number of methoxy groups -OCH3 is 1. The lowest BCUT2D eigenvalue weighted by Crippen LogP contribution is -2.44. The molecule has 10 heteroatoms. The van der Waals surface area contributed by atoms with Gasteiger partial charge in [-0.1, -0.05) is 44.5 Å². The van der Waals surface area contributed by atoms with Crippen LogP contribution in [0.15, 0.2) is 65.3 Å². The molecule has 0 radical (unpaired) electrons. The van der Waals surface area contributed by atoms with Crippen molar-refractivity contribution < 1.29 is 18.7 Å². The summed E-state index contributed by atoms with van der Waals surface area (Å²) in [7, 11) is 1.29. The van der Waals surface area contributed by atoms with Crippen LogP contribution in [-0.2, 0) is 14.9 Å². The van der Waals surface area contributed by atoms with E-state index in [1.807, 2.05) is 20.8 Å². The normalized spacial score (nSPS) is 22.4. The number of nitrogens with zero attached hydrogens (tertiary/aromatic N) is 2. The summed E-state index contributed by atoms with van der Waals surface area (Å²) < 4.78 is 21.2. The summed E-state index contributed by atoms with van der Waals surface area (Å²) >= 11 is 9.61. The summed E-state index contributed by atoms with van der Waals surface area (Å²) in [6.45, 7) is 6.12. The molecule has 1 aliphatic rings. The number of nitriles is 1. The van der Waals surface area contributed by atoms with Crippen molar-refractivity contribution in [1.29, 1.82) is 5.26 Å². The van der Waals surface area contributed by atoms with Gasteiger partial charge in [0.15, 0.2) is 0 Å². The third kappa shape index (κ3) is 5.75. The maximum Gasteiger partial charge on any atom is 0.337 e. The highest BCUT2D eigenvalue weighted by molar-refractivity contribution is 9.10. The molecule has 0 unspecified atom stereocenters. The number of pyridine rings is 1. The average Bonchev–Trinajstić information content (AvgIpc) is 3.23. The number of rotatable bonds is 6. The largest absolute Gasteiger partial charge is 0.465 e. The molecular formula is C30H29BrClFN4O3. The monoisotopic (exact) mass is 626 g/mol. The van der Waals surface area contributed by atoms with Crippen molar-refractivity contribution in [3.63, 3.8) is 0 Å². The molecule has 0 saturated carbocycles. The number of aromatic nitrogens is 1. The topological polar surface area (TPSA) is 104 Å². The van der Waals surface area contributed by atoms with Crippen LogP contribution < -0.4 is 10.6 Å². The second-order valence-corrected chi connectivity index (χ2v) is 12.3. The van der Waals surface area contributed by atoms with E-state index < -0.39 is 41.1 Å². The molecule has 1 amide bonds. The molecule has 4 rings (SSSR count). The van der Waals surface area contributed by atoms with Crippen molar-refractivity contribution in [3.8, 4) is 6.07 Å². The predicted molar refractivity (Wildman–Crippen MR) is 155 cm³/mol. The van der Waals surface area contributed by atoms with Crippen LogP contribution >= 0.6 is 27.5 Å². The van der Waals surface area contributed by atoms with Crippen LogP contribution in [0.1, 0.15) is 54.7 Å². The predicted octanol–water partition coefficient (Wildman–Crippen LogP) is 6.38. The molecule has 40 heavy (non-hydrogen) atoms. The number of ether oxygens (including phenoxy) is 1. The van der Waals surface area contributed by atoms with Gasteiger partial charge in [-0.15, -0.1) is 0 Å². The number of nitrogens with one attached hydrogen (secondary N) is 2. The Morgan fingerprint density at radius 2 is 1.90 bits per heavy atom. The molecule has 1 saturated heterocycles. The SMILES string of the molecule is COC(=O)c1ccc(NC(=O)[C@@H]2N[C@@H](CC(C)(C)C)[C@](C#N)(c3ccc(Br)cn3)[C@H]2c2cccc(Cl)c2F)cc1. The fraction of sp³-hybridized carbons (Fsp3) is 0.333. The molecule has 0 bridgehead atoms. The van der Waals surface area contributed by atoms with E-state index in [9.17, 15) is 14.9 Å². The molecule has 1 aliphatic heterocycles. The Kier molecular flexibility index (Phi) is 8.64. The van der Waals surface area contributed by atoms with E-state index in [0.717, 1.165) is 4.47 Å². The zero-order valence-corrected chi connectivity index (χ0v) is 24.8. The molecule has 3 aromatic rings. The van der Waals surface area contributed by atoms with Gasteiger partial charge in [-0.05, 0) is 75.8 Å². The lowest BCUT2D eigenvalue weighted by Gasteiger charge is -2.36. The smallest absolute Gasteiger partial charge is 0.337 e. The highest BCUT2D eigenvalue weighted by Crippen LogP contribution is 2.51. The molecular weight excluding hydrogens is 599 g/mol. The third-order valence-corrected chi connectivity index (χ3v) is 7.84. The molecule has 4 atom stereocenters. The van der Waals surface area contributed by atoms with E-state index in [0.29, 0.717) is 23.4 Å². The third-order valence-electron chi connectivity index (χ3n) is 7.08. The molecule has 1 fully saturated rings. The second-order valence-electron chi connectivity index (χ2n) is 11.0. The molecule has 7 nitrogen and oxygen atoms in total. The van der Waals surface area contributed by atoms with E-state index in [2.05, 4.69) is 37.6 Å². The summed E-state index contributed by atoms with van der Waals surface area (Å²) in [5.41, 5.74) is -0.356. The summed E-state index contributed by atoms with van der Waals surface area (Å²) in [5, 5.41) is 17.1. The molecule has 2 aromatic carbocycles. The minimum Gasteiger partial charge on any atom is -0.465 e. The number of amides is 1. The van der Waals surface area contributed by atoms with Gasteiger partial charge in [-0.3, -0.25) is 9.78 Å². The summed E-state index contributed by atoms with van der Waals surface area (Å²) in [5.74, 6) is -2.64. The van der Waals surface area contributed by atoms with E-state index in [1.54, 1.807) is 42.6 Å². The highest BCUT2D eigenvalue weighted by atomic mass is 79.9. The Hall–Kier alpha value is -3.32. The summed E-state index contributed by atoms with van der Waals surface area (Å²) in [4.78, 5) is 30.3. The summed E-state index contributed by atoms with van der Waals surface area (Å²) in [6, 6.07) is 15.2. The van der Waals surface area contributed by atoms with Gasteiger partial charge < -0.3 is 15.4 Å². The first-order chi connectivity index (χ1) is 18.9. The van der Waals surface area contributed by atoms with Crippen LogP contribution in [0.5, 0.6) is 0 Å². The van der Waals surface area contributed by atoms with Crippen LogP contribution in [-0.4, -0.2) is 36.1 Å². The number of esters is 1. The lowest BCUT2D eigenvalue weighted by atomic mass is 9.64. The zero-order valence-electron chi connectivity index (χ0n) is 22.5. The molecule has 2 heterocycles. The van der Waals surface area contributed by atoms with Crippen molar-refractivity contribution in [3.05, 3.63) is 92.9 Å². The van der Waals surface area contributed by atoms with Crippen molar-refractivity contribution in [2.24, 2.45) is 5.41 Å². The van der Waals surface area contributed by atoms with E-state index in [4.69, 9.17) is 16.3 Å². The van der Waals surface area contributed by atoms with Gasteiger partial charge in [0.25, 0.3) is 0 Å². The van der Waals surface area contributed by atoms with Crippen molar-refractivity contribution >= 4 is 45.1 Å². The van der Waals surface area contributed by atoms with Crippen molar-refractivity contribution in [1.82, 2.24) is 10.3 Å². The first kappa shape index (κ1) is 29.7. The van der Waals surface area contributed by atoms with Crippen LogP contribution in [0.25, 0.3) is 0 Å². The molecule has 0 aliphatic carbocycles. The number of hydrogen-bond acceptors (Lipinski definition) is 6. The Bertz CT molecular complexity index is 1450. The van der Waals surface area contributed by atoms with Gasteiger partial charge in [0, 0.05) is 28.3 Å². The fourth-order valence-electron chi connectivity index (χ4n) is 5.36. The van der Waals surface area contributed by atoms with Gasteiger partial charge in [-0.25, -0.2) is 9.18 Å². The fourth-order valence-corrected chi connectivity index (χ4v) is 5.78. The second kappa shape index (κ2) is 11.7.